The predicted octanol–water partition coefficient (Wildman–Crippen LogP) is 3.63. The summed E-state index contributed by atoms with van der Waals surface area (Å²) in [6, 6.07) is 14.4. The molecule has 0 radical (unpaired) electrons. The van der Waals surface area contributed by atoms with E-state index in [4.69, 9.17) is 10.5 Å². The SMILES string of the molecule is COCc1nc(-c2ccc3ccccc3c2)nc(N)c1I. The van der Waals surface area contributed by atoms with Crippen LogP contribution < -0.4 is 5.73 Å². The molecule has 1 aromatic heterocycles. The van der Waals surface area contributed by atoms with Gasteiger partial charge in [0.2, 0.25) is 0 Å². The first-order valence-electron chi connectivity index (χ1n) is 6.49. The van der Waals surface area contributed by atoms with Gasteiger partial charge in [-0.05, 0) is 39.4 Å². The Morgan fingerprint density at radius 1 is 1.10 bits per heavy atom. The first kappa shape index (κ1) is 14.2. The number of hydrogen-bond acceptors (Lipinski definition) is 4. The van der Waals surface area contributed by atoms with Gasteiger partial charge in [0.25, 0.3) is 0 Å². The van der Waals surface area contributed by atoms with Gasteiger partial charge in [-0.1, -0.05) is 36.4 Å². The van der Waals surface area contributed by atoms with Crippen molar-refractivity contribution in [1.82, 2.24) is 9.97 Å². The minimum absolute atomic E-state index is 0.422. The molecule has 0 saturated carbocycles. The molecule has 0 bridgehead atoms. The van der Waals surface area contributed by atoms with E-state index in [1.54, 1.807) is 7.11 Å². The Hall–Kier alpha value is -1.73. The van der Waals surface area contributed by atoms with Gasteiger partial charge in [0.05, 0.1) is 15.9 Å². The van der Waals surface area contributed by atoms with E-state index in [0.29, 0.717) is 18.2 Å². The molecule has 106 valence electrons. The quantitative estimate of drug-likeness (QED) is 0.693. The number of methoxy groups -OCH3 is 1. The number of halogens is 1. The van der Waals surface area contributed by atoms with Crippen LogP contribution in [0, 0.1) is 3.57 Å². The maximum Gasteiger partial charge on any atom is 0.161 e. The van der Waals surface area contributed by atoms with Gasteiger partial charge in [0.1, 0.15) is 5.82 Å². The fraction of sp³-hybridized carbons (Fsp3) is 0.125. The van der Waals surface area contributed by atoms with Crippen molar-refractivity contribution in [3.63, 3.8) is 0 Å². The summed E-state index contributed by atoms with van der Waals surface area (Å²) >= 11 is 2.15. The standard InChI is InChI=1S/C16H14IN3O/c1-21-9-13-14(17)15(18)20-16(19-13)12-7-6-10-4-2-3-5-11(10)8-12/h2-8H,9H2,1H3,(H2,18,19,20). The van der Waals surface area contributed by atoms with E-state index in [1.807, 2.05) is 18.2 Å². The second-order valence-corrected chi connectivity index (χ2v) is 5.77. The van der Waals surface area contributed by atoms with E-state index in [0.717, 1.165) is 20.2 Å². The number of nitrogens with two attached hydrogens (primary N) is 1. The molecule has 1 heterocycles. The lowest BCUT2D eigenvalue weighted by Gasteiger charge is -2.09. The van der Waals surface area contributed by atoms with E-state index < -0.39 is 0 Å². The molecule has 0 aliphatic carbocycles. The van der Waals surface area contributed by atoms with Gasteiger partial charge in [0, 0.05) is 12.7 Å². The van der Waals surface area contributed by atoms with Crippen molar-refractivity contribution in [3.8, 4) is 11.4 Å². The number of nitrogen functional groups attached to an aromatic ring is 1. The first-order valence-corrected chi connectivity index (χ1v) is 7.57. The average molecular weight is 391 g/mol. The highest BCUT2D eigenvalue weighted by molar-refractivity contribution is 14.1. The van der Waals surface area contributed by atoms with Crippen LogP contribution >= 0.6 is 22.6 Å². The number of anilines is 1. The fourth-order valence-electron chi connectivity index (χ4n) is 2.20. The normalized spacial score (nSPS) is 11.0. The van der Waals surface area contributed by atoms with Gasteiger partial charge in [-0.25, -0.2) is 9.97 Å². The molecule has 2 N–H and O–H groups in total. The Morgan fingerprint density at radius 2 is 1.86 bits per heavy atom. The molecule has 3 aromatic rings. The van der Waals surface area contributed by atoms with E-state index >= 15 is 0 Å². The summed E-state index contributed by atoms with van der Waals surface area (Å²) in [7, 11) is 1.64. The molecular weight excluding hydrogens is 377 g/mol. The molecule has 2 aromatic carbocycles. The Balaban J connectivity index is 2.13. The van der Waals surface area contributed by atoms with Crippen molar-refractivity contribution in [2.45, 2.75) is 6.61 Å². The third kappa shape index (κ3) is 2.84. The van der Waals surface area contributed by atoms with E-state index in [2.05, 4.69) is 56.8 Å². The van der Waals surface area contributed by atoms with Gasteiger partial charge in [0.15, 0.2) is 5.82 Å². The van der Waals surface area contributed by atoms with Crippen LogP contribution in [0.15, 0.2) is 42.5 Å². The van der Waals surface area contributed by atoms with Gasteiger partial charge >= 0.3 is 0 Å². The number of aromatic nitrogens is 2. The van der Waals surface area contributed by atoms with Crippen LogP contribution in [0.25, 0.3) is 22.2 Å². The Labute approximate surface area is 136 Å². The van der Waals surface area contributed by atoms with Gasteiger partial charge < -0.3 is 10.5 Å². The lowest BCUT2D eigenvalue weighted by Crippen LogP contribution is -2.05. The largest absolute Gasteiger partial charge is 0.383 e. The molecular formula is C16H14IN3O. The van der Waals surface area contributed by atoms with Crippen LogP contribution in [0.4, 0.5) is 5.82 Å². The molecule has 0 aliphatic rings. The third-order valence-corrected chi connectivity index (χ3v) is 4.41. The van der Waals surface area contributed by atoms with Gasteiger partial charge in [-0.15, -0.1) is 0 Å². The maximum absolute atomic E-state index is 5.99. The third-order valence-electron chi connectivity index (χ3n) is 3.23. The Bertz CT molecular complexity index is 805. The number of benzene rings is 2. The minimum atomic E-state index is 0.422. The molecule has 0 spiro atoms. The van der Waals surface area contributed by atoms with Crippen LogP contribution in [-0.4, -0.2) is 17.1 Å². The zero-order chi connectivity index (χ0) is 14.8. The summed E-state index contributed by atoms with van der Waals surface area (Å²) < 4.78 is 6.02. The smallest absolute Gasteiger partial charge is 0.161 e. The van der Waals surface area contributed by atoms with Crippen molar-refractivity contribution in [2.75, 3.05) is 12.8 Å². The van der Waals surface area contributed by atoms with E-state index in [1.165, 1.54) is 5.39 Å². The summed E-state index contributed by atoms with van der Waals surface area (Å²) in [6.45, 7) is 0.422. The highest BCUT2D eigenvalue weighted by Crippen LogP contribution is 2.25. The van der Waals surface area contributed by atoms with E-state index in [-0.39, 0.29) is 0 Å². The van der Waals surface area contributed by atoms with Crippen molar-refractivity contribution in [2.24, 2.45) is 0 Å². The molecule has 5 heteroatoms. The van der Waals surface area contributed by atoms with Crippen molar-refractivity contribution in [3.05, 3.63) is 51.7 Å². The molecule has 0 unspecified atom stereocenters. The van der Waals surface area contributed by atoms with Crippen LogP contribution in [0.2, 0.25) is 0 Å². The molecule has 0 fully saturated rings. The zero-order valence-corrected chi connectivity index (χ0v) is 13.7. The highest BCUT2D eigenvalue weighted by Gasteiger charge is 2.11. The molecule has 3 rings (SSSR count). The highest BCUT2D eigenvalue weighted by atomic mass is 127. The predicted molar refractivity (Wildman–Crippen MR) is 92.8 cm³/mol. The number of rotatable bonds is 3. The second kappa shape index (κ2) is 5.95. The molecule has 21 heavy (non-hydrogen) atoms. The van der Waals surface area contributed by atoms with Crippen LogP contribution in [0.3, 0.4) is 0 Å². The van der Waals surface area contributed by atoms with Crippen LogP contribution in [-0.2, 0) is 11.3 Å². The lowest BCUT2D eigenvalue weighted by molar-refractivity contribution is 0.181. The van der Waals surface area contributed by atoms with Crippen molar-refractivity contribution in [1.29, 1.82) is 0 Å². The lowest BCUT2D eigenvalue weighted by atomic mass is 10.1. The second-order valence-electron chi connectivity index (χ2n) is 4.69. The van der Waals surface area contributed by atoms with E-state index in [9.17, 15) is 0 Å². The topological polar surface area (TPSA) is 61.0 Å². The average Bonchev–Trinajstić information content (AvgIpc) is 2.51. The minimum Gasteiger partial charge on any atom is -0.383 e. The monoisotopic (exact) mass is 391 g/mol. The fourth-order valence-corrected chi connectivity index (χ4v) is 2.60. The number of hydrogen-bond donors (Lipinski definition) is 1. The van der Waals surface area contributed by atoms with Gasteiger partial charge in [-0.2, -0.15) is 0 Å². The van der Waals surface area contributed by atoms with Crippen molar-refractivity contribution >= 4 is 39.2 Å². The number of fused-ring (bicyclic) bond motifs is 1. The zero-order valence-electron chi connectivity index (χ0n) is 11.5. The maximum atomic E-state index is 5.99. The Kier molecular flexibility index (Phi) is 4.03. The summed E-state index contributed by atoms with van der Waals surface area (Å²) in [6.07, 6.45) is 0. The van der Waals surface area contributed by atoms with Crippen LogP contribution in [0.5, 0.6) is 0 Å². The summed E-state index contributed by atoms with van der Waals surface area (Å²) in [5.41, 5.74) is 7.75. The molecule has 0 saturated heterocycles. The first-order chi connectivity index (χ1) is 10.2. The molecule has 0 atom stereocenters. The van der Waals surface area contributed by atoms with Crippen LogP contribution in [0.1, 0.15) is 5.69 Å². The van der Waals surface area contributed by atoms with Crippen molar-refractivity contribution < 1.29 is 4.74 Å². The summed E-state index contributed by atoms with van der Waals surface area (Å²) in [4.78, 5) is 8.97. The molecule has 4 nitrogen and oxygen atoms in total. The molecule has 0 amide bonds. The molecule has 0 aliphatic heterocycles. The Morgan fingerprint density at radius 3 is 2.62 bits per heavy atom. The summed E-state index contributed by atoms with van der Waals surface area (Å²) in [5.74, 6) is 1.12. The summed E-state index contributed by atoms with van der Waals surface area (Å²) in [5, 5.41) is 2.35. The number of ether oxygens (including phenoxy) is 1. The van der Waals surface area contributed by atoms with Gasteiger partial charge in [-0.3, -0.25) is 0 Å². The number of nitrogens with zero attached hydrogens (tertiary/aromatic N) is 2.